The maximum absolute atomic E-state index is 12.1. The fourth-order valence-corrected chi connectivity index (χ4v) is 2.69. The van der Waals surface area contributed by atoms with Gasteiger partial charge < -0.3 is 11.1 Å². The predicted molar refractivity (Wildman–Crippen MR) is 94.0 cm³/mol. The first-order valence-electron chi connectivity index (χ1n) is 7.18. The predicted octanol–water partition coefficient (Wildman–Crippen LogP) is 2.24. The fourth-order valence-electron chi connectivity index (χ4n) is 2.69. The normalized spacial score (nSPS) is 19.5. The van der Waals surface area contributed by atoms with Crippen LogP contribution in [0.4, 0.5) is 5.69 Å². The molecule has 1 aromatic heterocycles. The average molecular weight is 358 g/mol. The van der Waals surface area contributed by atoms with E-state index in [2.05, 4.69) is 15.4 Å². The molecule has 2 unspecified atom stereocenters. The van der Waals surface area contributed by atoms with Crippen LogP contribution in [-0.4, -0.2) is 26.7 Å². The molecule has 1 amide bonds. The highest BCUT2D eigenvalue weighted by atomic mass is 35.5. The van der Waals surface area contributed by atoms with Crippen LogP contribution in [0.15, 0.2) is 36.9 Å². The van der Waals surface area contributed by atoms with E-state index in [1.54, 1.807) is 11.0 Å². The maximum atomic E-state index is 12.1. The van der Waals surface area contributed by atoms with Crippen LogP contribution in [0.5, 0.6) is 0 Å². The Morgan fingerprint density at radius 3 is 2.57 bits per heavy atom. The van der Waals surface area contributed by atoms with Gasteiger partial charge in [0.15, 0.2) is 0 Å². The molecular weight excluding hydrogens is 337 g/mol. The van der Waals surface area contributed by atoms with Gasteiger partial charge in [-0.15, -0.1) is 24.8 Å². The Balaban J connectivity index is 0.00000132. The number of carbonyl (C=O) groups excluding carboxylic acids is 1. The minimum atomic E-state index is 0. The molecule has 0 aliphatic heterocycles. The number of nitrogens with two attached hydrogens (primary N) is 1. The largest absolute Gasteiger partial charge is 0.328 e. The molecule has 1 saturated carbocycles. The van der Waals surface area contributed by atoms with Gasteiger partial charge in [-0.3, -0.25) is 4.79 Å². The number of anilines is 1. The topological polar surface area (TPSA) is 85.8 Å². The van der Waals surface area contributed by atoms with Crippen LogP contribution in [0.3, 0.4) is 0 Å². The minimum Gasteiger partial charge on any atom is -0.328 e. The molecule has 1 aliphatic carbocycles. The van der Waals surface area contributed by atoms with Crippen molar-refractivity contribution in [3.63, 3.8) is 0 Å². The summed E-state index contributed by atoms with van der Waals surface area (Å²) in [6.07, 6.45) is 5.81. The van der Waals surface area contributed by atoms with Crippen molar-refractivity contribution in [3.8, 4) is 0 Å². The molecule has 2 atom stereocenters. The first-order chi connectivity index (χ1) is 10.2. The van der Waals surface area contributed by atoms with Crippen molar-refractivity contribution in [2.24, 2.45) is 11.7 Å². The van der Waals surface area contributed by atoms with E-state index < -0.39 is 0 Å². The molecule has 0 spiro atoms. The molecule has 23 heavy (non-hydrogen) atoms. The Morgan fingerprint density at radius 1 is 1.26 bits per heavy atom. The van der Waals surface area contributed by atoms with Crippen LogP contribution in [0, 0.1) is 5.92 Å². The zero-order chi connectivity index (χ0) is 14.7. The summed E-state index contributed by atoms with van der Waals surface area (Å²) in [5, 5.41) is 7.03. The molecule has 1 aromatic carbocycles. The molecule has 0 radical (unpaired) electrons. The molecule has 1 heterocycles. The van der Waals surface area contributed by atoms with Gasteiger partial charge in [0.25, 0.3) is 0 Å². The Bertz CT molecular complexity index is 603. The number of aromatic nitrogens is 3. The number of hydrogen-bond donors (Lipinski definition) is 2. The first-order valence-corrected chi connectivity index (χ1v) is 7.18. The molecule has 1 fully saturated rings. The van der Waals surface area contributed by atoms with Crippen molar-refractivity contribution >= 4 is 36.4 Å². The smallest absolute Gasteiger partial charge is 0.227 e. The van der Waals surface area contributed by atoms with E-state index in [1.807, 2.05) is 24.3 Å². The number of amides is 1. The summed E-state index contributed by atoms with van der Waals surface area (Å²) in [6.45, 7) is 0.672. The Hall–Kier alpha value is -1.63. The van der Waals surface area contributed by atoms with E-state index in [0.29, 0.717) is 6.54 Å². The van der Waals surface area contributed by atoms with Gasteiger partial charge in [0.2, 0.25) is 5.91 Å². The lowest BCUT2D eigenvalue weighted by molar-refractivity contribution is -0.119. The average Bonchev–Trinajstić information content (AvgIpc) is 3.12. The lowest BCUT2D eigenvalue weighted by Crippen LogP contribution is -2.23. The van der Waals surface area contributed by atoms with Crippen molar-refractivity contribution in [1.29, 1.82) is 0 Å². The second-order valence-corrected chi connectivity index (χ2v) is 5.55. The summed E-state index contributed by atoms with van der Waals surface area (Å²) in [5.41, 5.74) is 7.78. The molecule has 3 rings (SSSR count). The standard InChI is InChI=1S/C15H19N5O.2ClH/c16-13-4-3-12(7-13)15(21)19-14-5-1-11(2-6-14)8-20-10-17-9-18-20;;/h1-2,5-6,9-10,12-13H,3-4,7-8,16H2,(H,19,21);2*1H. The number of halogens is 2. The van der Waals surface area contributed by atoms with Crippen LogP contribution < -0.4 is 11.1 Å². The first kappa shape index (κ1) is 19.4. The van der Waals surface area contributed by atoms with Gasteiger partial charge in [0, 0.05) is 17.6 Å². The molecule has 6 nitrogen and oxygen atoms in total. The third-order valence-corrected chi connectivity index (χ3v) is 3.88. The third-order valence-electron chi connectivity index (χ3n) is 3.88. The van der Waals surface area contributed by atoms with Crippen molar-refractivity contribution in [2.75, 3.05) is 5.32 Å². The molecule has 1 aliphatic rings. The molecule has 126 valence electrons. The summed E-state index contributed by atoms with van der Waals surface area (Å²) < 4.78 is 1.76. The monoisotopic (exact) mass is 357 g/mol. The summed E-state index contributed by atoms with van der Waals surface area (Å²) >= 11 is 0. The fraction of sp³-hybridized carbons (Fsp3) is 0.400. The van der Waals surface area contributed by atoms with E-state index in [4.69, 9.17) is 5.73 Å². The van der Waals surface area contributed by atoms with Crippen LogP contribution in [-0.2, 0) is 11.3 Å². The molecule has 3 N–H and O–H groups in total. The zero-order valence-electron chi connectivity index (χ0n) is 12.6. The minimum absolute atomic E-state index is 0. The Labute approximate surface area is 147 Å². The van der Waals surface area contributed by atoms with Crippen molar-refractivity contribution in [1.82, 2.24) is 14.8 Å². The van der Waals surface area contributed by atoms with Gasteiger partial charge in [-0.1, -0.05) is 12.1 Å². The van der Waals surface area contributed by atoms with Crippen molar-refractivity contribution < 1.29 is 4.79 Å². The summed E-state index contributed by atoms with van der Waals surface area (Å²) in [4.78, 5) is 16.0. The highest BCUT2D eigenvalue weighted by molar-refractivity contribution is 5.92. The maximum Gasteiger partial charge on any atom is 0.227 e. The number of nitrogens with zero attached hydrogens (tertiary/aromatic N) is 3. The number of nitrogens with one attached hydrogen (secondary N) is 1. The number of hydrogen-bond acceptors (Lipinski definition) is 4. The van der Waals surface area contributed by atoms with Gasteiger partial charge in [0.05, 0.1) is 6.54 Å². The van der Waals surface area contributed by atoms with E-state index in [9.17, 15) is 4.79 Å². The van der Waals surface area contributed by atoms with E-state index >= 15 is 0 Å². The number of rotatable bonds is 4. The molecule has 0 bridgehead atoms. The van der Waals surface area contributed by atoms with Crippen LogP contribution in [0.25, 0.3) is 0 Å². The lowest BCUT2D eigenvalue weighted by atomic mass is 10.1. The summed E-state index contributed by atoms with van der Waals surface area (Å²) in [7, 11) is 0. The van der Waals surface area contributed by atoms with Crippen molar-refractivity contribution in [3.05, 3.63) is 42.5 Å². The molecule has 0 saturated heterocycles. The van der Waals surface area contributed by atoms with Gasteiger partial charge in [-0.2, -0.15) is 5.10 Å². The quantitative estimate of drug-likeness (QED) is 0.878. The number of carbonyl (C=O) groups is 1. The van der Waals surface area contributed by atoms with E-state index in [0.717, 1.165) is 30.5 Å². The van der Waals surface area contributed by atoms with Gasteiger partial charge in [-0.05, 0) is 37.0 Å². The second-order valence-electron chi connectivity index (χ2n) is 5.55. The summed E-state index contributed by atoms with van der Waals surface area (Å²) in [6, 6.07) is 7.97. The second kappa shape index (κ2) is 8.86. The SMILES string of the molecule is Cl.Cl.NC1CCC(C(=O)Nc2ccc(Cn3cncn3)cc2)C1. The van der Waals surface area contributed by atoms with Crippen LogP contribution in [0.2, 0.25) is 0 Å². The highest BCUT2D eigenvalue weighted by Gasteiger charge is 2.27. The molecular formula is C15H21Cl2N5O. The van der Waals surface area contributed by atoms with Gasteiger partial charge >= 0.3 is 0 Å². The molecule has 2 aromatic rings. The zero-order valence-corrected chi connectivity index (χ0v) is 14.2. The van der Waals surface area contributed by atoms with Crippen LogP contribution in [0.1, 0.15) is 24.8 Å². The van der Waals surface area contributed by atoms with Gasteiger partial charge in [-0.25, -0.2) is 9.67 Å². The lowest BCUT2D eigenvalue weighted by Gasteiger charge is -2.11. The third kappa shape index (κ3) is 5.20. The highest BCUT2D eigenvalue weighted by Crippen LogP contribution is 2.25. The summed E-state index contributed by atoms with van der Waals surface area (Å²) in [5.74, 6) is 0.127. The number of benzene rings is 1. The Kier molecular flexibility index (Phi) is 7.48. The van der Waals surface area contributed by atoms with E-state index in [-0.39, 0.29) is 42.7 Å². The van der Waals surface area contributed by atoms with E-state index in [1.165, 1.54) is 6.33 Å². The van der Waals surface area contributed by atoms with Crippen LogP contribution >= 0.6 is 24.8 Å². The van der Waals surface area contributed by atoms with Gasteiger partial charge in [0.1, 0.15) is 12.7 Å². The Morgan fingerprint density at radius 2 is 2.00 bits per heavy atom. The molecule has 8 heteroatoms. The van der Waals surface area contributed by atoms with Crippen molar-refractivity contribution in [2.45, 2.75) is 31.8 Å².